The molecule has 5 heterocycles. The van der Waals surface area contributed by atoms with Crippen molar-refractivity contribution in [2.45, 2.75) is 188 Å². The van der Waals surface area contributed by atoms with Gasteiger partial charge in [0.25, 0.3) is 0 Å². The SMILES string of the molecule is C[C@H]1O[C@H](O[C@@H]2[C@@H](O[C@@H]3[C@H](O)[C@@H](O[C@@H]4[C@@H](O[C@H]5[C@@H](O)[C@H](NC=O)[C@@H](C)O[C@@H]5O)O[C@H](C)[C@@H](NC=O)[C@@H]4O)O[C@H](C)[C@H]3NC=O)O[C@H](C)[C@@H](NC=O)[C@@H]2O)[C@@H](O)[C@@H](O)[C@@H]1NC=O. The van der Waals surface area contributed by atoms with Crippen LogP contribution in [-0.4, -0.2) is 221 Å². The number of carbonyl (C=O) groups is 5. The number of aliphatic hydroxyl groups excluding tert-OH is 7. The summed E-state index contributed by atoms with van der Waals surface area (Å²) in [5, 5.41) is 90.7. The second kappa shape index (κ2) is 21.4. The molecule has 26 nitrogen and oxygen atoms in total. The summed E-state index contributed by atoms with van der Waals surface area (Å²) in [6.07, 6.45) is -29.0. The lowest BCUT2D eigenvalue weighted by Crippen LogP contribution is -2.70. The average molecular weight is 884 g/mol. The predicted octanol–water partition coefficient (Wildman–Crippen LogP) is -8.02. The van der Waals surface area contributed by atoms with Gasteiger partial charge in [0.15, 0.2) is 31.5 Å². The molecule has 25 atom stereocenters. The van der Waals surface area contributed by atoms with E-state index in [0.717, 1.165) is 0 Å². The largest absolute Gasteiger partial charge is 0.388 e. The summed E-state index contributed by atoms with van der Waals surface area (Å²) >= 11 is 0. The molecule has 5 amide bonds. The van der Waals surface area contributed by atoms with Crippen molar-refractivity contribution in [2.24, 2.45) is 0 Å². The first-order valence-electron chi connectivity index (χ1n) is 19.7. The molecule has 5 fully saturated rings. The number of carbonyl (C=O) groups excluding carboxylic acids is 5. The third-order valence-corrected chi connectivity index (χ3v) is 11.6. The van der Waals surface area contributed by atoms with E-state index in [-0.39, 0.29) is 0 Å². The number of amides is 5. The van der Waals surface area contributed by atoms with E-state index in [0.29, 0.717) is 32.1 Å². The third-order valence-electron chi connectivity index (χ3n) is 11.6. The Bertz CT molecular complexity index is 1460. The quantitative estimate of drug-likeness (QED) is 0.0569. The van der Waals surface area contributed by atoms with Crippen molar-refractivity contribution in [2.75, 3.05) is 0 Å². The molecule has 0 aromatic rings. The highest BCUT2D eigenvalue weighted by Gasteiger charge is 2.56. The molecule has 0 aromatic carbocycles. The van der Waals surface area contributed by atoms with E-state index in [1.54, 1.807) is 0 Å². The molecule has 26 heteroatoms. The Balaban J connectivity index is 1.43. The molecule has 61 heavy (non-hydrogen) atoms. The van der Waals surface area contributed by atoms with Gasteiger partial charge in [-0.15, -0.1) is 0 Å². The zero-order valence-electron chi connectivity index (χ0n) is 33.7. The summed E-state index contributed by atoms with van der Waals surface area (Å²) in [7, 11) is 0. The van der Waals surface area contributed by atoms with Gasteiger partial charge in [-0.2, -0.15) is 0 Å². The minimum absolute atomic E-state index is 0.293. The van der Waals surface area contributed by atoms with Gasteiger partial charge in [0.2, 0.25) is 32.1 Å². The molecule has 5 rings (SSSR count). The van der Waals surface area contributed by atoms with Crippen molar-refractivity contribution < 1.29 is 102 Å². The van der Waals surface area contributed by atoms with Gasteiger partial charge in [-0.05, 0) is 34.6 Å². The Morgan fingerprint density at radius 1 is 0.344 bits per heavy atom. The van der Waals surface area contributed by atoms with E-state index in [1.165, 1.54) is 34.6 Å². The Morgan fingerprint density at radius 2 is 0.639 bits per heavy atom. The van der Waals surface area contributed by atoms with Crippen LogP contribution in [0.4, 0.5) is 0 Å². The molecule has 5 saturated heterocycles. The van der Waals surface area contributed by atoms with E-state index in [9.17, 15) is 59.7 Å². The van der Waals surface area contributed by atoms with Crippen LogP contribution in [0.1, 0.15) is 34.6 Å². The van der Waals surface area contributed by atoms with Gasteiger partial charge in [0, 0.05) is 0 Å². The van der Waals surface area contributed by atoms with Gasteiger partial charge in [0.1, 0.15) is 61.0 Å². The standard InChI is InChI=1S/C35H57N5O21/c1-11-17(37-7-42)22(47)28(31(52)53-11)59-35-30(24(49)19(39-9-44)14(4)57-35)61-33-26(51)27(20(40-10-45)15(5)55-33)58-34-29(23(48)18(38-8-43)13(3)56-34)60-32-25(50)21(46)16(36-6-41)12(2)54-32/h6-35,46-52H,1-5H3,(H,36,41)(H,37,42)(H,38,43)(H,39,44)(H,40,45)/t11-,12-,13-,14-,15-,16-,17-,18-,19-,20-,21+,22+,23+,24+,25+,26+,27+,28+,29+,30+,31+,32-,33-,34-,35-/m1/s1. The van der Waals surface area contributed by atoms with Crippen molar-refractivity contribution in [1.29, 1.82) is 0 Å². The molecule has 5 aliphatic rings. The number of hydrogen-bond acceptors (Lipinski definition) is 21. The Labute approximate surface area is 348 Å². The number of ether oxygens (including phenoxy) is 9. The highest BCUT2D eigenvalue weighted by atomic mass is 16.8. The molecule has 0 aromatic heterocycles. The highest BCUT2D eigenvalue weighted by molar-refractivity contribution is 5.48. The van der Waals surface area contributed by atoms with Crippen molar-refractivity contribution in [1.82, 2.24) is 26.6 Å². The second-order valence-corrected chi connectivity index (χ2v) is 15.5. The van der Waals surface area contributed by atoms with Gasteiger partial charge in [0.05, 0.1) is 60.7 Å². The van der Waals surface area contributed by atoms with E-state index < -0.39 is 153 Å². The molecule has 5 aliphatic heterocycles. The van der Waals surface area contributed by atoms with E-state index in [4.69, 9.17) is 42.6 Å². The predicted molar refractivity (Wildman–Crippen MR) is 194 cm³/mol. The zero-order valence-corrected chi connectivity index (χ0v) is 33.7. The summed E-state index contributed by atoms with van der Waals surface area (Å²) in [6.45, 7) is 7.36. The number of hydrogen-bond donors (Lipinski definition) is 12. The number of aliphatic hydroxyl groups is 7. The minimum atomic E-state index is -1.94. The molecule has 0 bridgehead atoms. The minimum Gasteiger partial charge on any atom is -0.388 e. The summed E-state index contributed by atoms with van der Waals surface area (Å²) in [6, 6.07) is -5.64. The fourth-order valence-corrected chi connectivity index (χ4v) is 8.33. The smallest absolute Gasteiger partial charge is 0.207 e. The highest BCUT2D eigenvalue weighted by Crippen LogP contribution is 2.36. The van der Waals surface area contributed by atoms with E-state index >= 15 is 0 Å². The molecule has 0 saturated carbocycles. The van der Waals surface area contributed by atoms with Crippen LogP contribution in [-0.2, 0) is 66.6 Å². The lowest BCUT2D eigenvalue weighted by atomic mass is 9.93. The van der Waals surface area contributed by atoms with Crippen LogP contribution in [0.3, 0.4) is 0 Å². The van der Waals surface area contributed by atoms with Gasteiger partial charge in [-0.25, -0.2) is 0 Å². The maximum absolute atomic E-state index is 11.9. The number of rotatable bonds is 18. The van der Waals surface area contributed by atoms with Crippen LogP contribution < -0.4 is 26.6 Å². The van der Waals surface area contributed by atoms with Crippen molar-refractivity contribution in [3.63, 3.8) is 0 Å². The third kappa shape index (κ3) is 10.4. The van der Waals surface area contributed by atoms with E-state index in [1.807, 2.05) is 0 Å². The van der Waals surface area contributed by atoms with Crippen molar-refractivity contribution in [3.8, 4) is 0 Å². The zero-order chi connectivity index (χ0) is 44.9. The van der Waals surface area contributed by atoms with Crippen LogP contribution in [0.25, 0.3) is 0 Å². The molecular weight excluding hydrogens is 826 g/mol. The maximum atomic E-state index is 11.9. The molecule has 0 spiro atoms. The lowest BCUT2D eigenvalue weighted by Gasteiger charge is -2.51. The monoisotopic (exact) mass is 883 g/mol. The molecular formula is C35H57N5O21. The van der Waals surface area contributed by atoms with E-state index in [2.05, 4.69) is 26.6 Å². The molecule has 0 radical (unpaired) electrons. The second-order valence-electron chi connectivity index (χ2n) is 15.5. The molecule has 12 N–H and O–H groups in total. The van der Waals surface area contributed by atoms with Crippen LogP contribution in [0.5, 0.6) is 0 Å². The van der Waals surface area contributed by atoms with Crippen molar-refractivity contribution >= 4 is 32.1 Å². The molecule has 348 valence electrons. The normalized spacial score (nSPS) is 49.1. The lowest BCUT2D eigenvalue weighted by molar-refractivity contribution is -0.385. The summed E-state index contributed by atoms with van der Waals surface area (Å²) in [5.41, 5.74) is 0. The first kappa shape index (κ1) is 48.7. The Morgan fingerprint density at radius 3 is 1.07 bits per heavy atom. The first-order chi connectivity index (χ1) is 29.0. The fraction of sp³-hybridized carbons (Fsp3) is 0.857. The maximum Gasteiger partial charge on any atom is 0.207 e. The van der Waals surface area contributed by atoms with Gasteiger partial charge in [-0.3, -0.25) is 24.0 Å². The average Bonchev–Trinajstić information content (AvgIpc) is 3.21. The summed E-state index contributed by atoms with van der Waals surface area (Å²) < 4.78 is 53.5. The fourth-order valence-electron chi connectivity index (χ4n) is 8.33. The summed E-state index contributed by atoms with van der Waals surface area (Å²) in [5.74, 6) is 0. The Kier molecular flexibility index (Phi) is 17.1. The number of nitrogens with one attached hydrogen (secondary N) is 5. The topological polar surface area (TPSA) is 370 Å². The van der Waals surface area contributed by atoms with Gasteiger partial charge in [-0.1, -0.05) is 0 Å². The van der Waals surface area contributed by atoms with Crippen LogP contribution >= 0.6 is 0 Å². The first-order valence-corrected chi connectivity index (χ1v) is 19.7. The van der Waals surface area contributed by atoms with Crippen molar-refractivity contribution in [3.05, 3.63) is 0 Å². The molecule has 0 aliphatic carbocycles. The van der Waals surface area contributed by atoms with Crippen LogP contribution in [0.15, 0.2) is 0 Å². The van der Waals surface area contributed by atoms with Crippen LogP contribution in [0, 0.1) is 0 Å². The van der Waals surface area contributed by atoms with Crippen LogP contribution in [0.2, 0.25) is 0 Å². The van der Waals surface area contributed by atoms with Gasteiger partial charge < -0.3 is 105 Å². The summed E-state index contributed by atoms with van der Waals surface area (Å²) in [4.78, 5) is 57.3. The molecule has 0 unspecified atom stereocenters. The Hall–Kier alpha value is -3.29. The van der Waals surface area contributed by atoms with Gasteiger partial charge >= 0.3 is 0 Å².